The Balaban J connectivity index is 1.92. The van der Waals surface area contributed by atoms with Crippen LogP contribution in [0.15, 0.2) is 24.3 Å². The molecule has 1 saturated heterocycles. The molecule has 0 aliphatic carbocycles. The first kappa shape index (κ1) is 13.4. The lowest BCUT2D eigenvalue weighted by Crippen LogP contribution is -2.31. The van der Waals surface area contributed by atoms with Crippen LogP contribution in [-0.2, 0) is 4.74 Å². The number of rotatable bonds is 4. The van der Waals surface area contributed by atoms with Crippen molar-refractivity contribution in [2.75, 3.05) is 18.5 Å². The SMILES string of the molecule is NC(=O)Nc1cccc(C(=O)NCC2CCCO2)c1. The van der Waals surface area contributed by atoms with Gasteiger partial charge in [-0.05, 0) is 31.0 Å². The third kappa shape index (κ3) is 3.96. The number of ether oxygens (including phenoxy) is 1. The summed E-state index contributed by atoms with van der Waals surface area (Å²) in [7, 11) is 0. The summed E-state index contributed by atoms with van der Waals surface area (Å²) in [6.45, 7) is 1.27. The third-order valence-electron chi connectivity index (χ3n) is 2.91. The lowest BCUT2D eigenvalue weighted by Gasteiger charge is -2.11. The summed E-state index contributed by atoms with van der Waals surface area (Å²) in [4.78, 5) is 22.7. The minimum absolute atomic E-state index is 0.107. The molecule has 4 N–H and O–H groups in total. The van der Waals surface area contributed by atoms with Crippen LogP contribution in [0.3, 0.4) is 0 Å². The number of hydrogen-bond donors (Lipinski definition) is 3. The zero-order valence-electron chi connectivity index (χ0n) is 10.5. The van der Waals surface area contributed by atoms with E-state index in [0.29, 0.717) is 17.8 Å². The minimum Gasteiger partial charge on any atom is -0.376 e. The lowest BCUT2D eigenvalue weighted by molar-refractivity contribution is 0.0858. The Morgan fingerprint density at radius 3 is 2.95 bits per heavy atom. The number of carbonyl (C=O) groups excluding carboxylic acids is 2. The van der Waals surface area contributed by atoms with Gasteiger partial charge in [0.05, 0.1) is 6.10 Å². The maximum absolute atomic E-state index is 11.9. The zero-order valence-corrected chi connectivity index (χ0v) is 10.5. The molecule has 1 aliphatic heterocycles. The highest BCUT2D eigenvalue weighted by atomic mass is 16.5. The van der Waals surface area contributed by atoms with Crippen molar-refractivity contribution in [1.29, 1.82) is 0 Å². The standard InChI is InChI=1S/C13H17N3O3/c14-13(18)16-10-4-1-3-9(7-10)12(17)15-8-11-5-2-6-19-11/h1,3-4,7,11H,2,5-6,8H2,(H,15,17)(H3,14,16,18). The van der Waals surface area contributed by atoms with E-state index in [0.717, 1.165) is 19.4 Å². The zero-order chi connectivity index (χ0) is 13.7. The third-order valence-corrected chi connectivity index (χ3v) is 2.91. The molecule has 1 aromatic rings. The van der Waals surface area contributed by atoms with Crippen LogP contribution in [0.1, 0.15) is 23.2 Å². The first-order valence-corrected chi connectivity index (χ1v) is 6.21. The molecule has 19 heavy (non-hydrogen) atoms. The predicted octanol–water partition coefficient (Wildman–Crippen LogP) is 1.09. The number of nitrogens with one attached hydrogen (secondary N) is 2. The molecule has 1 fully saturated rings. The summed E-state index contributed by atoms with van der Waals surface area (Å²) in [6, 6.07) is 5.96. The molecule has 0 bridgehead atoms. The Kier molecular flexibility index (Phi) is 4.35. The van der Waals surface area contributed by atoms with Gasteiger partial charge in [0, 0.05) is 24.4 Å². The number of hydrogen-bond acceptors (Lipinski definition) is 3. The van der Waals surface area contributed by atoms with Crippen LogP contribution in [0.25, 0.3) is 0 Å². The van der Waals surface area contributed by atoms with Gasteiger partial charge in [-0.3, -0.25) is 4.79 Å². The van der Waals surface area contributed by atoms with E-state index < -0.39 is 6.03 Å². The average Bonchev–Trinajstić information content (AvgIpc) is 2.88. The Morgan fingerprint density at radius 1 is 1.42 bits per heavy atom. The molecule has 0 aromatic heterocycles. The van der Waals surface area contributed by atoms with Crippen molar-refractivity contribution in [2.45, 2.75) is 18.9 Å². The van der Waals surface area contributed by atoms with Gasteiger partial charge in [-0.1, -0.05) is 6.07 Å². The quantitative estimate of drug-likeness (QED) is 0.759. The number of benzene rings is 1. The highest BCUT2D eigenvalue weighted by Crippen LogP contribution is 2.12. The monoisotopic (exact) mass is 263 g/mol. The van der Waals surface area contributed by atoms with E-state index in [1.807, 2.05) is 0 Å². The van der Waals surface area contributed by atoms with E-state index in [1.54, 1.807) is 24.3 Å². The Hall–Kier alpha value is -2.08. The topological polar surface area (TPSA) is 93.5 Å². The Morgan fingerprint density at radius 2 is 2.26 bits per heavy atom. The van der Waals surface area contributed by atoms with Gasteiger partial charge < -0.3 is 21.1 Å². The largest absolute Gasteiger partial charge is 0.376 e. The van der Waals surface area contributed by atoms with Gasteiger partial charge in [-0.15, -0.1) is 0 Å². The number of primary amides is 1. The summed E-state index contributed by atoms with van der Waals surface area (Å²) in [5, 5.41) is 5.24. The van der Waals surface area contributed by atoms with E-state index in [9.17, 15) is 9.59 Å². The van der Waals surface area contributed by atoms with Crippen LogP contribution in [0.5, 0.6) is 0 Å². The molecule has 1 heterocycles. The molecule has 1 unspecified atom stereocenters. The molecule has 1 aromatic carbocycles. The fourth-order valence-electron chi connectivity index (χ4n) is 1.99. The van der Waals surface area contributed by atoms with Gasteiger partial charge in [0.1, 0.15) is 0 Å². The molecule has 6 nitrogen and oxygen atoms in total. The van der Waals surface area contributed by atoms with Gasteiger partial charge >= 0.3 is 6.03 Å². The van der Waals surface area contributed by atoms with E-state index >= 15 is 0 Å². The van der Waals surface area contributed by atoms with Crippen molar-refractivity contribution in [3.63, 3.8) is 0 Å². The van der Waals surface area contributed by atoms with Crippen LogP contribution in [-0.4, -0.2) is 31.2 Å². The highest BCUT2D eigenvalue weighted by molar-refractivity contribution is 5.96. The van der Waals surface area contributed by atoms with Crippen molar-refractivity contribution >= 4 is 17.6 Å². The van der Waals surface area contributed by atoms with Crippen molar-refractivity contribution in [2.24, 2.45) is 5.73 Å². The fourth-order valence-corrected chi connectivity index (χ4v) is 1.99. The van der Waals surface area contributed by atoms with Crippen LogP contribution in [0.2, 0.25) is 0 Å². The lowest BCUT2D eigenvalue weighted by atomic mass is 10.2. The van der Waals surface area contributed by atoms with Gasteiger partial charge in [0.15, 0.2) is 0 Å². The minimum atomic E-state index is -0.656. The highest BCUT2D eigenvalue weighted by Gasteiger charge is 2.16. The molecule has 102 valence electrons. The molecule has 6 heteroatoms. The number of anilines is 1. The van der Waals surface area contributed by atoms with E-state index in [2.05, 4.69) is 10.6 Å². The molecule has 0 saturated carbocycles. The second kappa shape index (κ2) is 6.19. The molecular weight excluding hydrogens is 246 g/mol. The van der Waals surface area contributed by atoms with Gasteiger partial charge in [-0.25, -0.2) is 4.79 Å². The van der Waals surface area contributed by atoms with Crippen LogP contribution >= 0.6 is 0 Å². The number of nitrogens with two attached hydrogens (primary N) is 1. The maximum Gasteiger partial charge on any atom is 0.316 e. The molecule has 1 atom stereocenters. The van der Waals surface area contributed by atoms with Gasteiger partial charge in [0.2, 0.25) is 0 Å². The molecular formula is C13H17N3O3. The van der Waals surface area contributed by atoms with Crippen molar-refractivity contribution in [1.82, 2.24) is 5.32 Å². The summed E-state index contributed by atoms with van der Waals surface area (Å²) in [5.41, 5.74) is 6.00. The van der Waals surface area contributed by atoms with E-state index in [4.69, 9.17) is 10.5 Å². The number of carbonyl (C=O) groups is 2. The van der Waals surface area contributed by atoms with Crippen molar-refractivity contribution in [3.05, 3.63) is 29.8 Å². The van der Waals surface area contributed by atoms with Gasteiger partial charge in [0.25, 0.3) is 5.91 Å². The summed E-state index contributed by atoms with van der Waals surface area (Å²) < 4.78 is 5.43. The van der Waals surface area contributed by atoms with E-state index in [1.165, 1.54) is 0 Å². The van der Waals surface area contributed by atoms with Crippen molar-refractivity contribution < 1.29 is 14.3 Å². The molecule has 0 radical (unpaired) electrons. The second-order valence-electron chi connectivity index (χ2n) is 4.42. The molecule has 0 spiro atoms. The maximum atomic E-state index is 11.9. The van der Waals surface area contributed by atoms with Crippen LogP contribution in [0.4, 0.5) is 10.5 Å². The summed E-state index contributed by atoms with van der Waals surface area (Å²) >= 11 is 0. The fraction of sp³-hybridized carbons (Fsp3) is 0.385. The van der Waals surface area contributed by atoms with Gasteiger partial charge in [-0.2, -0.15) is 0 Å². The Bertz CT molecular complexity index is 470. The smallest absolute Gasteiger partial charge is 0.316 e. The first-order valence-electron chi connectivity index (χ1n) is 6.21. The summed E-state index contributed by atoms with van der Waals surface area (Å²) in [6.07, 6.45) is 2.12. The van der Waals surface area contributed by atoms with E-state index in [-0.39, 0.29) is 12.0 Å². The molecule has 1 aliphatic rings. The normalized spacial score (nSPS) is 18.0. The molecule has 2 rings (SSSR count). The number of urea groups is 1. The molecule has 3 amide bonds. The number of amides is 3. The Labute approximate surface area is 111 Å². The summed E-state index contributed by atoms with van der Waals surface area (Å²) in [5.74, 6) is -0.191. The van der Waals surface area contributed by atoms with Crippen molar-refractivity contribution in [3.8, 4) is 0 Å². The average molecular weight is 263 g/mol. The predicted molar refractivity (Wildman–Crippen MR) is 71.0 cm³/mol. The van der Waals surface area contributed by atoms with Crippen LogP contribution < -0.4 is 16.4 Å². The first-order chi connectivity index (χ1) is 9.15. The second-order valence-corrected chi connectivity index (χ2v) is 4.42. The van der Waals surface area contributed by atoms with Crippen LogP contribution in [0, 0.1) is 0 Å².